The van der Waals surface area contributed by atoms with E-state index < -0.39 is 0 Å². The Morgan fingerprint density at radius 3 is 1.47 bits per heavy atom. The first kappa shape index (κ1) is 32.9. The largest absolute Gasteiger partial charge is 2.00 e. The Balaban J connectivity index is 0.00000193. The van der Waals surface area contributed by atoms with Crippen LogP contribution < -0.4 is 0 Å². The van der Waals surface area contributed by atoms with Crippen LogP contribution in [0.3, 0.4) is 0 Å². The third-order valence-corrected chi connectivity index (χ3v) is 8.82. The van der Waals surface area contributed by atoms with Gasteiger partial charge in [0, 0.05) is 12.4 Å². The Kier molecular flexibility index (Phi) is 10.4. The maximum absolute atomic E-state index is 4.47. The average molecular weight is 915 g/mol. The van der Waals surface area contributed by atoms with Crippen LogP contribution in [0.15, 0.2) is 135 Å². The summed E-state index contributed by atoms with van der Waals surface area (Å²) < 4.78 is 1.92. The van der Waals surface area contributed by atoms with Gasteiger partial charge in [0.15, 0.2) is 6.33 Å². The molecule has 230 valence electrons. The Hall–Kier alpha value is -4.03. The molecule has 8 aromatic rings. The fraction of sp³-hybridized carbons (Fsp3) is 0. The zero-order valence-electron chi connectivity index (χ0n) is 24.0. The molecule has 0 aliphatic heterocycles. The van der Waals surface area contributed by atoms with Crippen LogP contribution in [0.2, 0.25) is 0 Å². The third-order valence-electron chi connectivity index (χ3n) is 6.99. The van der Waals surface area contributed by atoms with Crippen molar-refractivity contribution in [3.05, 3.63) is 140 Å². The number of aromatic nitrogens is 7. The van der Waals surface area contributed by atoms with Gasteiger partial charge in [-0.05, 0) is 23.5 Å². The first-order valence-electron chi connectivity index (χ1n) is 14.0. The van der Waals surface area contributed by atoms with E-state index in [2.05, 4.69) is 78.9 Å². The molecule has 0 atom stereocenters. The first-order chi connectivity index (χ1) is 22.3. The summed E-state index contributed by atoms with van der Waals surface area (Å²) in [7, 11) is 0. The molecule has 0 saturated carbocycles. The van der Waals surface area contributed by atoms with Gasteiger partial charge in [0.1, 0.15) is 0 Å². The second-order valence-corrected chi connectivity index (χ2v) is 12.0. The van der Waals surface area contributed by atoms with Crippen LogP contribution in [0.1, 0.15) is 0 Å². The van der Waals surface area contributed by atoms with Gasteiger partial charge in [-0.15, -0.1) is 126 Å². The van der Waals surface area contributed by atoms with Gasteiger partial charge in [0.05, 0.1) is 0 Å². The van der Waals surface area contributed by atoms with Gasteiger partial charge in [-0.3, -0.25) is 0 Å². The first-order valence-corrected chi connectivity index (χ1v) is 15.6. The number of pyridine rings is 2. The van der Waals surface area contributed by atoms with Gasteiger partial charge in [-0.1, -0.05) is 45.1 Å². The fourth-order valence-corrected chi connectivity index (χ4v) is 6.68. The SMILES string of the molecule is [Pd+2].[Pt+2].[c-]1c(Sc2[c-]c3c(cc2)c2ccc(Sc4[c-]c(-c5ccccn5)ccc4)[c-]c2n3-c2nncnn2)cccc1-c1ccccn1. The van der Waals surface area contributed by atoms with Crippen LogP contribution in [-0.2, 0) is 41.5 Å². The summed E-state index contributed by atoms with van der Waals surface area (Å²) in [5.74, 6) is 0.349. The molecular formula is C36H19N7PdPtS2. The van der Waals surface area contributed by atoms with Crippen molar-refractivity contribution >= 4 is 45.3 Å². The Labute approximate surface area is 307 Å². The van der Waals surface area contributed by atoms with E-state index in [1.165, 1.54) is 6.33 Å². The topological polar surface area (TPSA) is 82.3 Å². The molecule has 11 heteroatoms. The van der Waals surface area contributed by atoms with Crippen molar-refractivity contribution in [1.82, 2.24) is 34.9 Å². The molecule has 0 bridgehead atoms. The van der Waals surface area contributed by atoms with Crippen molar-refractivity contribution in [2.45, 2.75) is 19.6 Å². The summed E-state index contributed by atoms with van der Waals surface area (Å²) in [6.07, 6.45) is 4.90. The average Bonchev–Trinajstić information content (AvgIpc) is 3.42. The molecule has 0 saturated heterocycles. The number of rotatable bonds is 7. The van der Waals surface area contributed by atoms with E-state index in [1.807, 2.05) is 77.4 Å². The van der Waals surface area contributed by atoms with Crippen molar-refractivity contribution in [2.24, 2.45) is 0 Å². The minimum absolute atomic E-state index is 0. The van der Waals surface area contributed by atoms with Crippen molar-refractivity contribution in [2.75, 3.05) is 0 Å². The number of nitrogens with zero attached hydrogens (tertiary/aromatic N) is 7. The fourth-order valence-electron chi connectivity index (χ4n) is 5.03. The van der Waals surface area contributed by atoms with E-state index in [0.29, 0.717) is 5.95 Å². The van der Waals surface area contributed by atoms with Crippen LogP contribution in [-0.4, -0.2) is 34.9 Å². The molecule has 4 aromatic carbocycles. The van der Waals surface area contributed by atoms with Crippen LogP contribution in [0.5, 0.6) is 0 Å². The zero-order valence-corrected chi connectivity index (χ0v) is 29.5. The van der Waals surface area contributed by atoms with Crippen molar-refractivity contribution in [3.63, 3.8) is 0 Å². The van der Waals surface area contributed by atoms with E-state index in [4.69, 9.17) is 0 Å². The molecule has 7 nitrogen and oxygen atoms in total. The Morgan fingerprint density at radius 1 is 0.511 bits per heavy atom. The van der Waals surface area contributed by atoms with E-state index in [0.717, 1.165) is 63.9 Å². The van der Waals surface area contributed by atoms with Crippen LogP contribution in [0, 0.1) is 24.3 Å². The standard InChI is InChI=1S/C36H19N7S2.Pd.Pt/c1-3-17-37-32(11-1)24-7-5-9-26(19-24)44-28-13-15-30-31-16-14-29(22-35(31)43(34(30)21-28)36-41-39-23-40-42-36)45-27-10-6-8-25(20-27)33-12-2-4-18-38-33;;/h1-18,23H;;/q-4;2*+2. The molecule has 4 aromatic heterocycles. The predicted octanol–water partition coefficient (Wildman–Crippen LogP) is 7.99. The summed E-state index contributed by atoms with van der Waals surface area (Å²) >= 11 is 3.16. The second kappa shape index (κ2) is 14.8. The molecule has 8 rings (SSSR count). The number of benzene rings is 4. The predicted molar refractivity (Wildman–Crippen MR) is 175 cm³/mol. The van der Waals surface area contributed by atoms with Crippen LogP contribution >= 0.6 is 23.5 Å². The Bertz CT molecular complexity index is 2150. The van der Waals surface area contributed by atoms with Gasteiger partial charge >= 0.3 is 41.5 Å². The van der Waals surface area contributed by atoms with E-state index in [9.17, 15) is 0 Å². The van der Waals surface area contributed by atoms with Crippen LogP contribution in [0.25, 0.3) is 50.3 Å². The van der Waals surface area contributed by atoms with Gasteiger partial charge in [0.25, 0.3) is 5.95 Å². The molecule has 0 aliphatic carbocycles. The second-order valence-electron chi connectivity index (χ2n) is 9.84. The van der Waals surface area contributed by atoms with Gasteiger partial charge in [-0.25, -0.2) is 0 Å². The quantitative estimate of drug-likeness (QED) is 0.118. The molecule has 47 heavy (non-hydrogen) atoms. The summed E-state index contributed by atoms with van der Waals surface area (Å²) in [5, 5.41) is 18.6. The summed E-state index contributed by atoms with van der Waals surface area (Å²) in [5.41, 5.74) is 5.26. The minimum Gasteiger partial charge on any atom is -0.326 e. The molecule has 0 amide bonds. The molecule has 0 N–H and O–H groups in total. The van der Waals surface area contributed by atoms with Gasteiger partial charge in [-0.2, -0.15) is 35.0 Å². The molecule has 4 heterocycles. The van der Waals surface area contributed by atoms with Gasteiger partial charge < -0.3 is 14.5 Å². The normalized spacial score (nSPS) is 10.8. The number of hydrogen-bond donors (Lipinski definition) is 0. The van der Waals surface area contributed by atoms with Crippen molar-refractivity contribution < 1.29 is 41.5 Å². The number of fused-ring (bicyclic) bond motifs is 3. The van der Waals surface area contributed by atoms with E-state index in [1.54, 1.807) is 35.9 Å². The monoisotopic (exact) mass is 914 g/mol. The molecule has 0 aliphatic rings. The molecule has 0 unspecified atom stereocenters. The molecular weight excluding hydrogens is 896 g/mol. The maximum atomic E-state index is 4.47. The van der Waals surface area contributed by atoms with E-state index >= 15 is 0 Å². The zero-order chi connectivity index (χ0) is 30.0. The van der Waals surface area contributed by atoms with Crippen molar-refractivity contribution in [3.8, 4) is 28.5 Å². The third kappa shape index (κ3) is 6.99. The molecule has 0 fully saturated rings. The minimum atomic E-state index is 0. The Morgan fingerprint density at radius 2 is 1.00 bits per heavy atom. The summed E-state index contributed by atoms with van der Waals surface area (Å²) in [6, 6.07) is 46.4. The van der Waals surface area contributed by atoms with Crippen molar-refractivity contribution in [1.29, 1.82) is 0 Å². The van der Waals surface area contributed by atoms with Crippen LogP contribution in [0.4, 0.5) is 0 Å². The van der Waals surface area contributed by atoms with E-state index in [-0.39, 0.29) is 41.5 Å². The maximum Gasteiger partial charge on any atom is 2.00 e. The number of hydrogen-bond acceptors (Lipinski definition) is 8. The summed E-state index contributed by atoms with van der Waals surface area (Å²) in [6.45, 7) is 0. The smallest absolute Gasteiger partial charge is 0.326 e. The van der Waals surface area contributed by atoms with Gasteiger partial charge in [0.2, 0.25) is 0 Å². The molecule has 0 radical (unpaired) electrons. The molecule has 0 spiro atoms. The summed E-state index contributed by atoms with van der Waals surface area (Å²) in [4.78, 5) is 12.7.